The number of hydrogen-bond donors (Lipinski definition) is 1. The van der Waals surface area contributed by atoms with Crippen molar-refractivity contribution >= 4 is 35.3 Å². The number of thioether (sulfide) groups is 1. The molecular formula is C12H9N3S3. The maximum Gasteiger partial charge on any atom is 0.159 e. The molecule has 6 heteroatoms. The molecule has 0 aliphatic carbocycles. The van der Waals surface area contributed by atoms with E-state index in [0.29, 0.717) is 0 Å². The van der Waals surface area contributed by atoms with Gasteiger partial charge in [-0.1, -0.05) is 6.07 Å². The summed E-state index contributed by atoms with van der Waals surface area (Å²) in [4.78, 5) is 8.54. The van der Waals surface area contributed by atoms with E-state index in [2.05, 4.69) is 16.0 Å². The van der Waals surface area contributed by atoms with E-state index in [1.54, 1.807) is 29.3 Å². The number of aromatic amines is 1. The van der Waals surface area contributed by atoms with Crippen molar-refractivity contribution in [2.24, 2.45) is 5.92 Å². The molecule has 2 aromatic heterocycles. The van der Waals surface area contributed by atoms with E-state index in [9.17, 15) is 5.26 Å². The predicted octanol–water partition coefficient (Wildman–Crippen LogP) is 3.58. The van der Waals surface area contributed by atoms with Gasteiger partial charge in [0.25, 0.3) is 0 Å². The summed E-state index contributed by atoms with van der Waals surface area (Å²) in [6, 6.07) is 6.36. The van der Waals surface area contributed by atoms with Crippen molar-refractivity contribution in [2.45, 2.75) is 10.9 Å². The van der Waals surface area contributed by atoms with Crippen LogP contribution in [0.15, 0.2) is 29.6 Å². The zero-order valence-corrected chi connectivity index (χ0v) is 11.7. The van der Waals surface area contributed by atoms with Crippen LogP contribution >= 0.6 is 35.3 Å². The van der Waals surface area contributed by atoms with Crippen molar-refractivity contribution < 1.29 is 0 Å². The van der Waals surface area contributed by atoms with Gasteiger partial charge in [0.1, 0.15) is 0 Å². The Hall–Kier alpha value is -1.16. The molecule has 0 amide bonds. The molecule has 0 spiro atoms. The number of thiazole rings is 1. The van der Waals surface area contributed by atoms with Gasteiger partial charge >= 0.3 is 0 Å². The second-order valence-electron chi connectivity index (χ2n) is 4.02. The highest BCUT2D eigenvalue weighted by Crippen LogP contribution is 2.45. The van der Waals surface area contributed by atoms with E-state index in [0.717, 1.165) is 20.3 Å². The van der Waals surface area contributed by atoms with Crippen LogP contribution < -0.4 is 0 Å². The molecule has 1 aliphatic rings. The molecule has 0 saturated carbocycles. The maximum absolute atomic E-state index is 9.34. The summed E-state index contributed by atoms with van der Waals surface area (Å²) in [7, 11) is 0. The lowest BCUT2D eigenvalue weighted by Crippen LogP contribution is -2.19. The Bertz CT molecular complexity index is 653. The molecule has 3 rings (SSSR count). The Morgan fingerprint density at radius 1 is 1.56 bits per heavy atom. The first-order valence-corrected chi connectivity index (χ1v) is 7.66. The number of pyridine rings is 1. The lowest BCUT2D eigenvalue weighted by atomic mass is 9.87. The first-order valence-electron chi connectivity index (χ1n) is 5.45. The Kier molecular flexibility index (Phi) is 3.20. The molecule has 1 aliphatic heterocycles. The number of rotatable bonds is 1. The number of fused-ring (bicyclic) bond motifs is 1. The molecule has 0 saturated heterocycles. The van der Waals surface area contributed by atoms with Crippen molar-refractivity contribution in [1.82, 2.24) is 9.97 Å². The highest BCUT2D eigenvalue weighted by atomic mass is 32.2. The van der Waals surface area contributed by atoms with Gasteiger partial charge in [-0.3, -0.25) is 4.98 Å². The van der Waals surface area contributed by atoms with Crippen LogP contribution in [0.1, 0.15) is 16.4 Å². The van der Waals surface area contributed by atoms with Crippen LogP contribution in [-0.2, 0) is 0 Å². The van der Waals surface area contributed by atoms with E-state index in [1.165, 1.54) is 4.88 Å². The second-order valence-corrected chi connectivity index (χ2v) is 6.77. The smallest absolute Gasteiger partial charge is 0.159 e. The van der Waals surface area contributed by atoms with Gasteiger partial charge in [0.15, 0.2) is 3.95 Å². The van der Waals surface area contributed by atoms with Crippen LogP contribution in [0.25, 0.3) is 0 Å². The first kappa shape index (κ1) is 11.9. The number of hydrogen-bond acceptors (Lipinski definition) is 5. The van der Waals surface area contributed by atoms with E-state index < -0.39 is 0 Å². The van der Waals surface area contributed by atoms with Gasteiger partial charge in [0.2, 0.25) is 0 Å². The van der Waals surface area contributed by atoms with Gasteiger partial charge in [-0.25, -0.2) is 0 Å². The molecule has 3 nitrogen and oxygen atoms in total. The van der Waals surface area contributed by atoms with E-state index in [-0.39, 0.29) is 11.8 Å². The van der Waals surface area contributed by atoms with Crippen LogP contribution in [0.2, 0.25) is 0 Å². The largest absolute Gasteiger partial charge is 0.332 e. The summed E-state index contributed by atoms with van der Waals surface area (Å²) in [6.45, 7) is 0. The molecule has 1 N–H and O–H groups in total. The number of nitriles is 1. The second kappa shape index (κ2) is 4.84. The first-order chi connectivity index (χ1) is 8.79. The molecule has 2 aromatic rings. The van der Waals surface area contributed by atoms with Crippen LogP contribution in [0.4, 0.5) is 0 Å². The van der Waals surface area contributed by atoms with Gasteiger partial charge in [-0.05, 0) is 23.8 Å². The molecule has 0 fully saturated rings. The normalized spacial score (nSPS) is 22.2. The Morgan fingerprint density at radius 3 is 3.17 bits per heavy atom. The number of nitrogens with one attached hydrogen (secondary N) is 1. The highest BCUT2D eigenvalue weighted by molar-refractivity contribution is 7.99. The van der Waals surface area contributed by atoms with Gasteiger partial charge in [-0.15, -0.1) is 23.1 Å². The van der Waals surface area contributed by atoms with Crippen molar-refractivity contribution in [3.05, 3.63) is 38.9 Å². The van der Waals surface area contributed by atoms with E-state index >= 15 is 0 Å². The molecule has 0 bridgehead atoms. The predicted molar refractivity (Wildman–Crippen MR) is 75.4 cm³/mol. The highest BCUT2D eigenvalue weighted by Gasteiger charge is 2.33. The number of nitrogens with zero attached hydrogens (tertiary/aromatic N) is 2. The van der Waals surface area contributed by atoms with Crippen molar-refractivity contribution in [3.8, 4) is 6.07 Å². The fraction of sp³-hybridized carbons (Fsp3) is 0.250. The monoisotopic (exact) mass is 291 g/mol. The van der Waals surface area contributed by atoms with E-state index in [1.807, 2.05) is 18.3 Å². The molecule has 90 valence electrons. The Morgan fingerprint density at radius 2 is 2.44 bits per heavy atom. The summed E-state index contributed by atoms with van der Waals surface area (Å²) in [6.07, 6.45) is 3.60. The van der Waals surface area contributed by atoms with Crippen molar-refractivity contribution in [1.29, 1.82) is 5.26 Å². The molecule has 2 atom stereocenters. The molecule has 0 aromatic carbocycles. The average molecular weight is 291 g/mol. The summed E-state index contributed by atoms with van der Waals surface area (Å²) in [5, 5.41) is 10.5. The van der Waals surface area contributed by atoms with Crippen molar-refractivity contribution in [3.63, 3.8) is 0 Å². The maximum atomic E-state index is 9.34. The zero-order chi connectivity index (χ0) is 12.5. The average Bonchev–Trinajstić information content (AvgIpc) is 2.78. The standard InChI is InChI=1S/C12H9N3S3/c13-4-8-6-17-11-10(18-12(16)15-11)9(8)7-2-1-3-14-5-7/h1-3,5,8-9H,6H2,(H,15,16). The van der Waals surface area contributed by atoms with Gasteiger partial charge in [0, 0.05) is 28.9 Å². The third-order valence-corrected chi connectivity index (χ3v) is 5.53. The quantitative estimate of drug-likeness (QED) is 0.816. The minimum absolute atomic E-state index is 0.0202. The van der Waals surface area contributed by atoms with Crippen LogP contribution in [-0.4, -0.2) is 15.7 Å². The van der Waals surface area contributed by atoms with Crippen LogP contribution in [0.5, 0.6) is 0 Å². The van der Waals surface area contributed by atoms with E-state index in [4.69, 9.17) is 12.2 Å². The summed E-state index contributed by atoms with van der Waals surface area (Å²) in [5.41, 5.74) is 1.09. The van der Waals surface area contributed by atoms with Crippen molar-refractivity contribution in [2.75, 3.05) is 5.75 Å². The molecule has 2 unspecified atom stereocenters. The van der Waals surface area contributed by atoms with Gasteiger partial charge in [0.05, 0.1) is 17.0 Å². The minimum atomic E-state index is -0.0202. The SMILES string of the molecule is N#CC1CSc2[nH]c(=S)sc2C1c1cccnc1. The topological polar surface area (TPSA) is 52.5 Å². The van der Waals surface area contributed by atoms with Gasteiger partial charge < -0.3 is 4.98 Å². The number of aromatic nitrogens is 2. The lowest BCUT2D eigenvalue weighted by Gasteiger charge is -2.25. The Balaban J connectivity index is 2.15. The number of H-pyrrole nitrogens is 1. The Labute approximate surface area is 118 Å². The summed E-state index contributed by atoms with van der Waals surface area (Å²) < 4.78 is 0.778. The molecule has 18 heavy (non-hydrogen) atoms. The fourth-order valence-corrected chi connectivity index (χ4v) is 4.93. The minimum Gasteiger partial charge on any atom is -0.332 e. The molecular weight excluding hydrogens is 282 g/mol. The van der Waals surface area contributed by atoms with Crippen LogP contribution in [0.3, 0.4) is 0 Å². The third kappa shape index (κ3) is 1.99. The zero-order valence-electron chi connectivity index (χ0n) is 9.29. The summed E-state index contributed by atoms with van der Waals surface area (Å²) in [5.74, 6) is 0.872. The summed E-state index contributed by atoms with van der Waals surface area (Å²) >= 11 is 8.47. The molecule has 3 heterocycles. The van der Waals surface area contributed by atoms with Gasteiger partial charge in [-0.2, -0.15) is 5.26 Å². The third-order valence-electron chi connectivity index (χ3n) is 2.94. The van der Waals surface area contributed by atoms with Crippen LogP contribution in [0, 0.1) is 21.2 Å². The molecule has 0 radical (unpaired) electrons. The lowest BCUT2D eigenvalue weighted by molar-refractivity contribution is 0.630. The fourth-order valence-electron chi connectivity index (χ4n) is 2.15.